The van der Waals surface area contributed by atoms with Crippen molar-refractivity contribution >= 4 is 12.1 Å². The van der Waals surface area contributed by atoms with Crippen LogP contribution in [0.25, 0.3) is 0 Å². The molecule has 0 aromatic heterocycles. The number of allylic oxidation sites excluding steroid dienone is 1. The SMILES string of the molecule is CC1CC2C(=O)C(C=O)=COC2C([N+](=O)[O-])C1. The van der Waals surface area contributed by atoms with Crippen molar-refractivity contribution < 1.29 is 19.2 Å². The van der Waals surface area contributed by atoms with Crippen LogP contribution in [0.3, 0.4) is 0 Å². The number of fused-ring (bicyclic) bond motifs is 1. The van der Waals surface area contributed by atoms with Gasteiger partial charge in [-0.2, -0.15) is 0 Å². The second-order valence-electron chi connectivity index (χ2n) is 4.69. The number of carbonyl (C=O) groups is 2. The van der Waals surface area contributed by atoms with Gasteiger partial charge in [-0.25, -0.2) is 0 Å². The van der Waals surface area contributed by atoms with Gasteiger partial charge in [-0.3, -0.25) is 19.7 Å². The third kappa shape index (κ3) is 1.94. The van der Waals surface area contributed by atoms with Gasteiger partial charge in [0.1, 0.15) is 0 Å². The fourth-order valence-electron chi connectivity index (χ4n) is 2.64. The summed E-state index contributed by atoms with van der Waals surface area (Å²) >= 11 is 0. The van der Waals surface area contributed by atoms with E-state index < -0.39 is 18.1 Å². The number of ketones is 1. The number of hydrogen-bond acceptors (Lipinski definition) is 5. The molecule has 2 rings (SSSR count). The van der Waals surface area contributed by atoms with E-state index in [1.807, 2.05) is 6.92 Å². The van der Waals surface area contributed by atoms with E-state index in [2.05, 4.69) is 0 Å². The van der Waals surface area contributed by atoms with E-state index in [0.717, 1.165) is 6.26 Å². The van der Waals surface area contributed by atoms with Crippen molar-refractivity contribution in [2.24, 2.45) is 11.8 Å². The first kappa shape index (κ1) is 11.8. The molecule has 1 saturated carbocycles. The van der Waals surface area contributed by atoms with Crippen LogP contribution in [0.4, 0.5) is 0 Å². The standard InChI is InChI=1S/C11H13NO5/c1-6-2-8-10(14)7(4-13)5-17-11(8)9(3-6)12(15)16/h4-6,8-9,11H,2-3H2,1H3. The Kier molecular flexibility index (Phi) is 2.95. The Morgan fingerprint density at radius 1 is 1.53 bits per heavy atom. The minimum absolute atomic E-state index is 0.0255. The first-order valence-corrected chi connectivity index (χ1v) is 5.53. The Morgan fingerprint density at radius 2 is 2.24 bits per heavy atom. The molecule has 4 unspecified atom stereocenters. The largest absolute Gasteiger partial charge is 0.489 e. The summed E-state index contributed by atoms with van der Waals surface area (Å²) < 4.78 is 5.22. The predicted octanol–water partition coefficient (Wildman–Crippen LogP) is 0.728. The molecule has 0 amide bonds. The van der Waals surface area contributed by atoms with Crippen LogP contribution >= 0.6 is 0 Å². The predicted molar refractivity (Wildman–Crippen MR) is 56.7 cm³/mol. The van der Waals surface area contributed by atoms with Crippen LogP contribution in [0.2, 0.25) is 0 Å². The maximum Gasteiger partial charge on any atom is 0.250 e. The van der Waals surface area contributed by atoms with Gasteiger partial charge in [0.05, 0.1) is 17.8 Å². The summed E-state index contributed by atoms with van der Waals surface area (Å²) in [7, 11) is 0. The first-order chi connectivity index (χ1) is 8.04. The summed E-state index contributed by atoms with van der Waals surface area (Å²) in [6, 6.07) is -0.864. The lowest BCUT2D eigenvalue weighted by Gasteiger charge is -2.37. The minimum atomic E-state index is -0.864. The quantitative estimate of drug-likeness (QED) is 0.307. The Bertz CT molecular complexity index is 403. The third-order valence-electron chi connectivity index (χ3n) is 3.45. The van der Waals surface area contributed by atoms with Gasteiger partial charge < -0.3 is 4.74 Å². The fourth-order valence-corrected chi connectivity index (χ4v) is 2.64. The molecule has 6 nitrogen and oxygen atoms in total. The van der Waals surface area contributed by atoms with Gasteiger partial charge in [0, 0.05) is 11.3 Å². The highest BCUT2D eigenvalue weighted by Gasteiger charge is 2.49. The van der Waals surface area contributed by atoms with Gasteiger partial charge in [0.25, 0.3) is 0 Å². The zero-order chi connectivity index (χ0) is 12.6. The second-order valence-corrected chi connectivity index (χ2v) is 4.69. The van der Waals surface area contributed by atoms with Crippen LogP contribution in [0.5, 0.6) is 0 Å². The molecule has 92 valence electrons. The van der Waals surface area contributed by atoms with Crippen molar-refractivity contribution in [3.05, 3.63) is 21.9 Å². The van der Waals surface area contributed by atoms with E-state index in [1.54, 1.807) is 0 Å². The molecule has 0 bridgehead atoms. The molecule has 1 fully saturated rings. The number of carbonyl (C=O) groups excluding carboxylic acids is 2. The lowest BCUT2D eigenvalue weighted by atomic mass is 9.73. The number of Topliss-reactive ketones (excluding diaryl/α,β-unsaturated/α-hetero) is 1. The minimum Gasteiger partial charge on any atom is -0.489 e. The molecule has 6 heteroatoms. The summed E-state index contributed by atoms with van der Waals surface area (Å²) in [6.07, 6.45) is 1.73. The summed E-state index contributed by atoms with van der Waals surface area (Å²) in [6.45, 7) is 1.87. The first-order valence-electron chi connectivity index (χ1n) is 5.53. The van der Waals surface area contributed by atoms with E-state index in [0.29, 0.717) is 19.1 Å². The molecular weight excluding hydrogens is 226 g/mol. The van der Waals surface area contributed by atoms with E-state index in [1.165, 1.54) is 0 Å². The molecule has 0 N–H and O–H groups in total. The van der Waals surface area contributed by atoms with Gasteiger partial charge in [-0.15, -0.1) is 0 Å². The Labute approximate surface area is 97.8 Å². The molecule has 2 aliphatic rings. The zero-order valence-corrected chi connectivity index (χ0v) is 9.37. The zero-order valence-electron chi connectivity index (χ0n) is 9.37. The monoisotopic (exact) mass is 239 g/mol. The molecule has 4 atom stereocenters. The molecule has 0 saturated heterocycles. The highest BCUT2D eigenvalue weighted by Crippen LogP contribution is 2.36. The molecule has 1 aliphatic heterocycles. The summed E-state index contributed by atoms with van der Waals surface area (Å²) in [5.74, 6) is -0.792. The van der Waals surface area contributed by atoms with Crippen LogP contribution in [0.1, 0.15) is 19.8 Å². The summed E-state index contributed by atoms with van der Waals surface area (Å²) in [5.41, 5.74) is -0.0255. The lowest BCUT2D eigenvalue weighted by Crippen LogP contribution is -2.50. The molecule has 0 aromatic carbocycles. The van der Waals surface area contributed by atoms with Crippen molar-refractivity contribution in [1.82, 2.24) is 0 Å². The van der Waals surface area contributed by atoms with Gasteiger partial charge in [0.15, 0.2) is 18.2 Å². The van der Waals surface area contributed by atoms with Crippen molar-refractivity contribution in [2.75, 3.05) is 0 Å². The van der Waals surface area contributed by atoms with E-state index in [9.17, 15) is 19.7 Å². The molecule has 1 heterocycles. The van der Waals surface area contributed by atoms with Gasteiger partial charge in [-0.1, -0.05) is 6.92 Å². The van der Waals surface area contributed by atoms with Crippen LogP contribution in [0, 0.1) is 22.0 Å². The maximum absolute atomic E-state index is 11.9. The molecule has 0 aromatic rings. The number of nitrogens with zero attached hydrogens (tertiary/aromatic N) is 1. The van der Waals surface area contributed by atoms with E-state index >= 15 is 0 Å². The van der Waals surface area contributed by atoms with Crippen molar-refractivity contribution in [1.29, 1.82) is 0 Å². The highest BCUT2D eigenvalue weighted by molar-refractivity contribution is 6.13. The third-order valence-corrected chi connectivity index (χ3v) is 3.45. The Hall–Kier alpha value is -1.72. The number of aldehydes is 1. The van der Waals surface area contributed by atoms with E-state index in [4.69, 9.17) is 4.74 Å². The number of nitro groups is 1. The van der Waals surface area contributed by atoms with Crippen molar-refractivity contribution in [2.45, 2.75) is 31.9 Å². The fraction of sp³-hybridized carbons (Fsp3) is 0.636. The van der Waals surface area contributed by atoms with E-state index in [-0.39, 0.29) is 22.2 Å². The topological polar surface area (TPSA) is 86.5 Å². The van der Waals surface area contributed by atoms with Crippen molar-refractivity contribution in [3.63, 3.8) is 0 Å². The number of ether oxygens (including phenoxy) is 1. The molecule has 1 aliphatic carbocycles. The molecule has 17 heavy (non-hydrogen) atoms. The van der Waals surface area contributed by atoms with Gasteiger partial charge >= 0.3 is 0 Å². The Balaban J connectivity index is 2.30. The molecule has 0 spiro atoms. The van der Waals surface area contributed by atoms with Crippen LogP contribution in [0.15, 0.2) is 11.8 Å². The van der Waals surface area contributed by atoms with Gasteiger partial charge in [0.2, 0.25) is 6.04 Å². The number of hydrogen-bond donors (Lipinski definition) is 0. The van der Waals surface area contributed by atoms with Crippen LogP contribution in [-0.2, 0) is 14.3 Å². The summed E-state index contributed by atoms with van der Waals surface area (Å²) in [4.78, 5) is 33.1. The average Bonchev–Trinajstić information content (AvgIpc) is 2.29. The summed E-state index contributed by atoms with van der Waals surface area (Å²) in [5, 5.41) is 10.9. The lowest BCUT2D eigenvalue weighted by molar-refractivity contribution is -0.541. The highest BCUT2D eigenvalue weighted by atomic mass is 16.6. The number of rotatable bonds is 2. The smallest absolute Gasteiger partial charge is 0.250 e. The molecular formula is C11H13NO5. The molecule has 0 radical (unpaired) electrons. The van der Waals surface area contributed by atoms with Crippen molar-refractivity contribution in [3.8, 4) is 0 Å². The van der Waals surface area contributed by atoms with Crippen LogP contribution < -0.4 is 0 Å². The normalized spacial score (nSPS) is 36.5. The second kappa shape index (κ2) is 4.27. The Morgan fingerprint density at radius 3 is 2.82 bits per heavy atom. The van der Waals surface area contributed by atoms with Gasteiger partial charge in [-0.05, 0) is 12.3 Å². The maximum atomic E-state index is 11.9. The average molecular weight is 239 g/mol. The van der Waals surface area contributed by atoms with Crippen LogP contribution in [-0.4, -0.2) is 29.1 Å².